The molecule has 0 bridgehead atoms. The number of aromatic amines is 1. The molecule has 376 valence electrons. The molecule has 3 N–H and O–H groups in total. The molecule has 4 saturated heterocycles. The summed E-state index contributed by atoms with van der Waals surface area (Å²) in [4.78, 5) is 40.9. The lowest BCUT2D eigenvalue weighted by atomic mass is 9.59. The van der Waals surface area contributed by atoms with Gasteiger partial charge in [0.15, 0.2) is 0 Å². The minimum Gasteiger partial charge on any atom is -0.491 e. The second kappa shape index (κ2) is 19.6. The molecule has 7 heterocycles. The van der Waals surface area contributed by atoms with Crippen LogP contribution in [0.1, 0.15) is 80.8 Å². The number of sulfonamides is 1. The number of benzene rings is 3. The lowest BCUT2D eigenvalue weighted by Crippen LogP contribution is -2.56. The largest absolute Gasteiger partial charge is 0.491 e. The zero-order chi connectivity index (χ0) is 48.9. The van der Waals surface area contributed by atoms with Gasteiger partial charge < -0.3 is 43.8 Å². The first kappa shape index (κ1) is 47.3. The molecule has 1 spiro atoms. The summed E-state index contributed by atoms with van der Waals surface area (Å²) < 4.78 is 60.8. The number of para-hydroxylation sites is 1. The maximum atomic E-state index is 14.6. The van der Waals surface area contributed by atoms with E-state index in [0.29, 0.717) is 68.5 Å². The number of nitrogens with zero attached hydrogens (tertiary/aromatic N) is 5. The normalized spacial score (nSPS) is 22.9. The van der Waals surface area contributed by atoms with Crippen molar-refractivity contribution in [3.63, 3.8) is 0 Å². The molecule has 3 atom stereocenters. The topological polar surface area (TPSA) is 203 Å². The number of H-pyrrole nitrogens is 1. The highest BCUT2D eigenvalue weighted by Gasteiger charge is 2.50. The van der Waals surface area contributed by atoms with Gasteiger partial charge in [0.05, 0.1) is 59.1 Å². The number of carbonyl (C=O) groups is 1. The van der Waals surface area contributed by atoms with Crippen molar-refractivity contribution >= 4 is 55.4 Å². The first-order chi connectivity index (χ1) is 34.4. The second-order valence-electron chi connectivity index (χ2n) is 20.3. The Morgan fingerprint density at radius 2 is 1.76 bits per heavy atom. The van der Waals surface area contributed by atoms with E-state index in [9.17, 15) is 23.3 Å². The van der Waals surface area contributed by atoms with E-state index >= 15 is 0 Å². The smallest absolute Gasteiger partial charge is 0.293 e. The van der Waals surface area contributed by atoms with Gasteiger partial charge in [0, 0.05) is 80.9 Å². The van der Waals surface area contributed by atoms with Gasteiger partial charge in [-0.05, 0) is 119 Å². The molecular weight excluding hydrogens is 929 g/mol. The fourth-order valence-electron chi connectivity index (χ4n) is 11.7. The quantitative estimate of drug-likeness (QED) is 0.0764. The fourth-order valence-corrected chi connectivity index (χ4v) is 12.7. The van der Waals surface area contributed by atoms with Crippen LogP contribution in [0, 0.1) is 21.4 Å². The highest BCUT2D eigenvalue weighted by Crippen LogP contribution is 2.54. The van der Waals surface area contributed by atoms with Gasteiger partial charge in [-0.25, -0.2) is 13.1 Å². The van der Waals surface area contributed by atoms with Crippen molar-refractivity contribution in [1.82, 2.24) is 19.6 Å². The number of rotatable bonds is 13. The van der Waals surface area contributed by atoms with Gasteiger partial charge in [-0.1, -0.05) is 18.2 Å². The van der Waals surface area contributed by atoms with Crippen LogP contribution in [-0.2, 0) is 24.2 Å². The number of nitro groups is 1. The van der Waals surface area contributed by atoms with Crippen molar-refractivity contribution in [2.24, 2.45) is 11.3 Å². The second-order valence-corrected chi connectivity index (χ2v) is 22.0. The van der Waals surface area contributed by atoms with Crippen LogP contribution in [0.4, 0.5) is 28.4 Å². The Labute approximate surface area is 413 Å². The first-order valence-electron chi connectivity index (χ1n) is 25.1. The van der Waals surface area contributed by atoms with Gasteiger partial charge in [-0.2, -0.15) is 4.98 Å². The minimum atomic E-state index is -4.60. The average Bonchev–Trinajstić information content (AvgIpc) is 3.96. The summed E-state index contributed by atoms with van der Waals surface area (Å²) in [7, 11) is -4.60. The summed E-state index contributed by atoms with van der Waals surface area (Å²) in [6.45, 7) is 10.4. The number of anilines is 4. The van der Waals surface area contributed by atoms with E-state index in [2.05, 4.69) is 56.9 Å². The van der Waals surface area contributed by atoms with E-state index in [1.807, 2.05) is 35.2 Å². The van der Waals surface area contributed by atoms with Crippen molar-refractivity contribution in [1.29, 1.82) is 0 Å². The number of amides is 1. The Bertz CT molecular complexity index is 2890. The predicted molar refractivity (Wildman–Crippen MR) is 267 cm³/mol. The Morgan fingerprint density at radius 1 is 0.944 bits per heavy atom. The van der Waals surface area contributed by atoms with E-state index < -0.39 is 37.5 Å². The van der Waals surface area contributed by atoms with Crippen molar-refractivity contribution in [3.05, 3.63) is 100 Å². The van der Waals surface area contributed by atoms with Gasteiger partial charge in [0.2, 0.25) is 5.88 Å². The number of nitro benzene ring substituents is 1. The summed E-state index contributed by atoms with van der Waals surface area (Å²) in [5, 5.41) is 16.3. The van der Waals surface area contributed by atoms with Crippen LogP contribution in [0.25, 0.3) is 11.0 Å². The summed E-state index contributed by atoms with van der Waals surface area (Å²) in [5.74, 6) is 0.666. The molecule has 1 aliphatic carbocycles. The number of piperidine rings is 1. The van der Waals surface area contributed by atoms with E-state index in [-0.39, 0.29) is 40.8 Å². The van der Waals surface area contributed by atoms with Crippen LogP contribution in [0.2, 0.25) is 0 Å². The predicted octanol–water partition coefficient (Wildman–Crippen LogP) is 7.73. The standard InChI is InChI=1S/C52H62N8O10S/c1-33(2)69-47-7-4-3-6-39(47)45-30-67-21-5-18-58(45)37-27-52(28-37)15-19-57(20-16-52)36-8-10-40(42(25-36)59-44-24-35-12-17-53-49(35)55-51(44)70-48-32-68-31-46(48)59)50(61)56-71(64,65)38-9-11-41(43(26-38)60(62)63)54-29-34-13-22-66-23-14-34/h3-4,6-12,17,24-26,33-34,37,45-46,48,54H,5,13-16,18-23,27-32H2,1-2H3,(H,53,55)(H,56,61)/t45-,46+,48+/m0/s1. The highest BCUT2D eigenvalue weighted by atomic mass is 32.2. The van der Waals surface area contributed by atoms with Crippen molar-refractivity contribution in [2.75, 3.05) is 80.9 Å². The maximum Gasteiger partial charge on any atom is 0.293 e. The van der Waals surface area contributed by atoms with Crippen molar-refractivity contribution < 1.29 is 41.8 Å². The zero-order valence-electron chi connectivity index (χ0n) is 40.2. The van der Waals surface area contributed by atoms with E-state index in [4.69, 9.17) is 28.7 Å². The number of nitrogens with one attached hydrogen (secondary N) is 3. The number of ether oxygens (including phenoxy) is 5. The molecule has 3 aromatic carbocycles. The summed E-state index contributed by atoms with van der Waals surface area (Å²) in [6, 6.07) is 21.6. The molecule has 71 heavy (non-hydrogen) atoms. The fraction of sp³-hybridized carbons (Fsp3) is 0.500. The summed E-state index contributed by atoms with van der Waals surface area (Å²) in [6.07, 6.45) is 8.31. The Kier molecular flexibility index (Phi) is 13.0. The molecule has 0 radical (unpaired) electrons. The number of pyridine rings is 1. The molecule has 1 amide bonds. The van der Waals surface area contributed by atoms with Gasteiger partial charge in [0.25, 0.3) is 21.6 Å². The van der Waals surface area contributed by atoms with Crippen LogP contribution < -0.4 is 29.3 Å². The molecule has 19 heteroatoms. The highest BCUT2D eigenvalue weighted by molar-refractivity contribution is 7.90. The number of fused-ring (bicyclic) bond motifs is 3. The third kappa shape index (κ3) is 9.49. The Hall–Kier alpha value is -5.99. The van der Waals surface area contributed by atoms with Crippen molar-refractivity contribution in [3.8, 4) is 11.6 Å². The SMILES string of the molecule is CC(C)Oc1ccccc1[C@@H]1COCCCN1C1CC2(CCN(c3ccc(C(=O)NS(=O)(=O)c4ccc(NCC5CCOCC5)c([N+](=O)[O-])c4)c(N4c5cc6cc[nH]c6nc5O[C@@H]5COC[C@H]54)c3)CC2)C1. The maximum absolute atomic E-state index is 14.6. The monoisotopic (exact) mass is 990 g/mol. The molecule has 5 aromatic rings. The van der Waals surface area contributed by atoms with Crippen LogP contribution in [0.3, 0.4) is 0 Å². The van der Waals surface area contributed by atoms with Crippen LogP contribution in [0.15, 0.2) is 83.9 Å². The van der Waals surface area contributed by atoms with Crippen molar-refractivity contribution in [2.45, 2.75) is 94.0 Å². The number of hydrogen-bond acceptors (Lipinski definition) is 15. The lowest BCUT2D eigenvalue weighted by molar-refractivity contribution is -0.384. The molecule has 1 saturated carbocycles. The lowest BCUT2D eigenvalue weighted by Gasteiger charge is -2.56. The third-order valence-corrected chi connectivity index (χ3v) is 16.8. The molecule has 11 rings (SSSR count). The first-order valence-corrected chi connectivity index (χ1v) is 26.6. The van der Waals surface area contributed by atoms with E-state index in [0.717, 1.165) is 94.1 Å². The Morgan fingerprint density at radius 3 is 2.56 bits per heavy atom. The molecule has 0 unspecified atom stereocenters. The molecule has 18 nitrogen and oxygen atoms in total. The minimum absolute atomic E-state index is 0.0669. The molecule has 5 fully saturated rings. The molecular formula is C52H62N8O10S. The zero-order valence-corrected chi connectivity index (χ0v) is 41.0. The number of hydrogen-bond donors (Lipinski definition) is 3. The van der Waals surface area contributed by atoms with Gasteiger partial charge in [-0.15, -0.1) is 0 Å². The van der Waals surface area contributed by atoms with Crippen LogP contribution in [-0.4, -0.2) is 124 Å². The van der Waals surface area contributed by atoms with Crippen LogP contribution >= 0.6 is 0 Å². The Balaban J connectivity index is 0.862. The average molecular weight is 991 g/mol. The van der Waals surface area contributed by atoms with Gasteiger partial charge in [0.1, 0.15) is 28.9 Å². The van der Waals surface area contributed by atoms with E-state index in [1.54, 1.807) is 12.3 Å². The number of aromatic nitrogens is 2. The third-order valence-electron chi connectivity index (χ3n) is 15.5. The summed E-state index contributed by atoms with van der Waals surface area (Å²) >= 11 is 0. The van der Waals surface area contributed by atoms with Crippen LogP contribution in [0.5, 0.6) is 11.6 Å². The number of carbonyl (C=O) groups excluding carboxylic acids is 1. The van der Waals surface area contributed by atoms with Gasteiger partial charge in [-0.3, -0.25) is 19.8 Å². The van der Waals surface area contributed by atoms with Gasteiger partial charge >= 0.3 is 0 Å². The van der Waals surface area contributed by atoms with E-state index in [1.165, 1.54) is 17.7 Å². The summed E-state index contributed by atoms with van der Waals surface area (Å²) in [5.41, 5.74) is 3.91. The molecule has 2 aromatic heterocycles. The molecule has 5 aliphatic heterocycles. The molecule has 6 aliphatic rings.